The maximum atomic E-state index is 5.47. The molecule has 0 saturated carbocycles. The molecule has 0 aliphatic carbocycles. The van der Waals surface area contributed by atoms with Crippen molar-refractivity contribution in [1.82, 2.24) is 0 Å². The first-order chi connectivity index (χ1) is 20.8. The SMILES string of the molecule is C=C(C)OCCOCCOCCOCCOCCOCCOCCOCCOCCOCCOCCOCCOCC. The third-order valence-electron chi connectivity index (χ3n) is 4.87. The van der Waals surface area contributed by atoms with Crippen LogP contribution in [0, 0.1) is 0 Å². The van der Waals surface area contributed by atoms with Crippen LogP contribution in [-0.2, 0) is 61.6 Å². The molecule has 0 aliphatic heterocycles. The van der Waals surface area contributed by atoms with Crippen LogP contribution >= 0.6 is 0 Å². The fourth-order valence-electron chi connectivity index (χ4n) is 2.84. The molecule has 0 aromatic heterocycles. The van der Waals surface area contributed by atoms with Crippen LogP contribution in [0.1, 0.15) is 13.8 Å². The van der Waals surface area contributed by atoms with E-state index in [-0.39, 0.29) is 0 Å². The summed E-state index contributed by atoms with van der Waals surface area (Å²) < 4.78 is 70.1. The molecule has 252 valence electrons. The van der Waals surface area contributed by atoms with Crippen LogP contribution in [-0.4, -0.2) is 165 Å². The zero-order valence-electron chi connectivity index (χ0n) is 26.2. The first-order valence-corrected chi connectivity index (χ1v) is 15.0. The standard InChI is InChI=1S/C29H58O13/c1-4-30-5-6-31-7-8-32-9-10-33-11-12-34-13-14-35-15-16-36-17-18-37-19-20-38-21-22-39-23-24-40-25-26-41-27-28-42-29(2)3/h2,4-28H2,1,3H3. The van der Waals surface area contributed by atoms with Gasteiger partial charge in [-0.05, 0) is 13.8 Å². The van der Waals surface area contributed by atoms with Crippen molar-refractivity contribution in [3.05, 3.63) is 12.3 Å². The summed E-state index contributed by atoms with van der Waals surface area (Å²) >= 11 is 0. The van der Waals surface area contributed by atoms with Gasteiger partial charge in [-0.25, -0.2) is 0 Å². The van der Waals surface area contributed by atoms with Gasteiger partial charge in [-0.15, -0.1) is 0 Å². The van der Waals surface area contributed by atoms with Gasteiger partial charge in [0.2, 0.25) is 0 Å². The number of rotatable bonds is 38. The highest BCUT2D eigenvalue weighted by atomic mass is 16.6. The van der Waals surface area contributed by atoms with Gasteiger partial charge in [0.25, 0.3) is 0 Å². The van der Waals surface area contributed by atoms with Gasteiger partial charge >= 0.3 is 0 Å². The molecule has 0 radical (unpaired) electrons. The summed E-state index contributed by atoms with van der Waals surface area (Å²) in [6.45, 7) is 20.8. The highest BCUT2D eigenvalue weighted by molar-refractivity contribution is 4.72. The Morgan fingerprint density at radius 3 is 0.643 bits per heavy atom. The van der Waals surface area contributed by atoms with Crippen molar-refractivity contribution in [2.75, 3.05) is 165 Å². The Labute approximate surface area is 253 Å². The molecule has 0 fully saturated rings. The molecule has 13 nitrogen and oxygen atoms in total. The van der Waals surface area contributed by atoms with Crippen LogP contribution in [0.15, 0.2) is 12.3 Å². The molecule has 42 heavy (non-hydrogen) atoms. The first kappa shape index (κ1) is 41.1. The lowest BCUT2D eigenvalue weighted by molar-refractivity contribution is -0.0286. The highest BCUT2D eigenvalue weighted by Crippen LogP contribution is 1.90. The van der Waals surface area contributed by atoms with E-state index in [4.69, 9.17) is 61.6 Å². The molecule has 0 amide bonds. The fourth-order valence-corrected chi connectivity index (χ4v) is 2.84. The van der Waals surface area contributed by atoms with Gasteiger partial charge in [-0.1, -0.05) is 6.58 Å². The molecule has 0 unspecified atom stereocenters. The average molecular weight is 615 g/mol. The van der Waals surface area contributed by atoms with E-state index in [0.717, 1.165) is 0 Å². The lowest BCUT2D eigenvalue weighted by Gasteiger charge is -2.09. The van der Waals surface area contributed by atoms with Crippen LogP contribution < -0.4 is 0 Å². The summed E-state index contributed by atoms with van der Waals surface area (Å²) in [5, 5.41) is 0. The van der Waals surface area contributed by atoms with Gasteiger partial charge in [0, 0.05) is 6.61 Å². The summed E-state index contributed by atoms with van der Waals surface area (Å²) in [5.41, 5.74) is 0. The second-order valence-corrected chi connectivity index (χ2v) is 8.48. The molecular weight excluding hydrogens is 556 g/mol. The monoisotopic (exact) mass is 614 g/mol. The van der Waals surface area contributed by atoms with Crippen molar-refractivity contribution in [2.24, 2.45) is 0 Å². The first-order valence-electron chi connectivity index (χ1n) is 15.0. The van der Waals surface area contributed by atoms with Crippen LogP contribution in [0.2, 0.25) is 0 Å². The Kier molecular flexibility index (Phi) is 37.2. The van der Waals surface area contributed by atoms with E-state index in [2.05, 4.69) is 6.58 Å². The second kappa shape index (κ2) is 38.1. The molecule has 0 atom stereocenters. The Balaban J connectivity index is 3.03. The maximum absolute atomic E-state index is 5.47. The number of hydrogen-bond donors (Lipinski definition) is 0. The van der Waals surface area contributed by atoms with E-state index in [1.807, 2.05) is 13.8 Å². The van der Waals surface area contributed by atoms with E-state index in [9.17, 15) is 0 Å². The summed E-state index contributed by atoms with van der Waals surface area (Å²) in [6, 6.07) is 0. The molecule has 0 bridgehead atoms. The smallest absolute Gasteiger partial charge is 0.111 e. The predicted octanol–water partition coefficient (Wildman–Crippen LogP) is 1.76. The van der Waals surface area contributed by atoms with Crippen molar-refractivity contribution in [2.45, 2.75) is 13.8 Å². The van der Waals surface area contributed by atoms with Gasteiger partial charge in [0.05, 0.1) is 158 Å². The van der Waals surface area contributed by atoms with Crippen molar-refractivity contribution < 1.29 is 61.6 Å². The van der Waals surface area contributed by atoms with Crippen molar-refractivity contribution in [3.8, 4) is 0 Å². The molecule has 13 heteroatoms. The number of hydrogen-bond acceptors (Lipinski definition) is 13. The lowest BCUT2D eigenvalue weighted by Crippen LogP contribution is -2.15. The minimum atomic E-state index is 0.508. The van der Waals surface area contributed by atoms with Crippen LogP contribution in [0.5, 0.6) is 0 Å². The number of allylic oxidation sites excluding steroid dienone is 1. The Bertz CT molecular complexity index is 514. The van der Waals surface area contributed by atoms with Gasteiger partial charge < -0.3 is 61.6 Å². The molecule has 0 spiro atoms. The molecule has 0 aromatic rings. The summed E-state index contributed by atoms with van der Waals surface area (Å²) in [7, 11) is 0. The average Bonchev–Trinajstić information content (AvgIpc) is 2.98. The molecule has 0 saturated heterocycles. The zero-order chi connectivity index (χ0) is 30.4. The predicted molar refractivity (Wildman–Crippen MR) is 156 cm³/mol. The zero-order valence-corrected chi connectivity index (χ0v) is 26.2. The normalized spacial score (nSPS) is 11.4. The van der Waals surface area contributed by atoms with Gasteiger partial charge in [0.1, 0.15) is 6.61 Å². The van der Waals surface area contributed by atoms with Crippen molar-refractivity contribution in [1.29, 1.82) is 0 Å². The van der Waals surface area contributed by atoms with Crippen LogP contribution in [0.4, 0.5) is 0 Å². The molecular formula is C29H58O13. The topological polar surface area (TPSA) is 120 Å². The van der Waals surface area contributed by atoms with Gasteiger partial charge in [-0.3, -0.25) is 0 Å². The summed E-state index contributed by atoms with van der Waals surface area (Å²) in [6.07, 6.45) is 0. The minimum Gasteiger partial charge on any atom is -0.496 e. The van der Waals surface area contributed by atoms with E-state index in [0.29, 0.717) is 171 Å². The molecule has 0 aliphatic rings. The van der Waals surface area contributed by atoms with Crippen LogP contribution in [0.3, 0.4) is 0 Å². The van der Waals surface area contributed by atoms with Crippen LogP contribution in [0.25, 0.3) is 0 Å². The fraction of sp³-hybridized carbons (Fsp3) is 0.931. The second-order valence-electron chi connectivity index (χ2n) is 8.48. The lowest BCUT2D eigenvalue weighted by atomic mass is 10.6. The maximum Gasteiger partial charge on any atom is 0.111 e. The quantitative estimate of drug-likeness (QED) is 0.0743. The summed E-state index contributed by atoms with van der Waals surface area (Å²) in [4.78, 5) is 0. The van der Waals surface area contributed by atoms with E-state index >= 15 is 0 Å². The van der Waals surface area contributed by atoms with Crippen molar-refractivity contribution in [3.63, 3.8) is 0 Å². The highest BCUT2D eigenvalue weighted by Gasteiger charge is 1.96. The van der Waals surface area contributed by atoms with E-state index in [1.54, 1.807) is 0 Å². The largest absolute Gasteiger partial charge is 0.496 e. The minimum absolute atomic E-state index is 0.508. The van der Waals surface area contributed by atoms with E-state index in [1.165, 1.54) is 0 Å². The molecule has 0 heterocycles. The Morgan fingerprint density at radius 1 is 0.310 bits per heavy atom. The molecule has 0 aromatic carbocycles. The Hall–Kier alpha value is -0.940. The van der Waals surface area contributed by atoms with Gasteiger partial charge in [0.15, 0.2) is 0 Å². The molecule has 0 N–H and O–H groups in total. The van der Waals surface area contributed by atoms with Gasteiger partial charge in [-0.2, -0.15) is 0 Å². The van der Waals surface area contributed by atoms with Crippen molar-refractivity contribution >= 4 is 0 Å². The molecule has 0 rings (SSSR count). The third kappa shape index (κ3) is 39.1. The Morgan fingerprint density at radius 2 is 0.476 bits per heavy atom. The number of ether oxygens (including phenoxy) is 13. The van der Waals surface area contributed by atoms with E-state index < -0.39 is 0 Å². The summed E-state index contributed by atoms with van der Waals surface area (Å²) in [5.74, 6) is 0.689. The third-order valence-corrected chi connectivity index (χ3v) is 4.87.